The van der Waals surface area contributed by atoms with Crippen molar-refractivity contribution in [1.82, 2.24) is 9.62 Å². The Balaban J connectivity index is 1.87. The second-order valence-electron chi connectivity index (χ2n) is 7.16. The van der Waals surface area contributed by atoms with E-state index >= 15 is 0 Å². The largest absolute Gasteiger partial charge is 0.351 e. The van der Waals surface area contributed by atoms with Gasteiger partial charge in [0.1, 0.15) is 0 Å². The van der Waals surface area contributed by atoms with Gasteiger partial charge in [-0.3, -0.25) is 4.79 Å². The van der Waals surface area contributed by atoms with E-state index in [4.69, 9.17) is 0 Å². The molecule has 1 fully saturated rings. The van der Waals surface area contributed by atoms with Gasteiger partial charge in [0.25, 0.3) is 5.91 Å². The molecule has 0 bridgehead atoms. The smallest absolute Gasteiger partial charge is 0.275 e. The van der Waals surface area contributed by atoms with Crippen LogP contribution in [0.3, 0.4) is 0 Å². The van der Waals surface area contributed by atoms with Crippen LogP contribution >= 0.6 is 0 Å². The third-order valence-corrected chi connectivity index (χ3v) is 6.94. The first-order chi connectivity index (χ1) is 12.3. The van der Waals surface area contributed by atoms with E-state index in [-0.39, 0.29) is 5.91 Å². The molecule has 1 aromatic rings. The van der Waals surface area contributed by atoms with Gasteiger partial charge in [0.15, 0.2) is 6.54 Å². The van der Waals surface area contributed by atoms with Crippen molar-refractivity contribution in [3.8, 4) is 0 Å². The molecule has 0 atom stereocenters. The normalized spacial score (nSPS) is 16.6. The fourth-order valence-electron chi connectivity index (χ4n) is 3.24. The summed E-state index contributed by atoms with van der Waals surface area (Å²) in [6.07, 6.45) is 3.28. The van der Waals surface area contributed by atoms with Crippen LogP contribution in [0.4, 0.5) is 0 Å². The molecule has 7 heteroatoms. The molecule has 1 aliphatic rings. The first kappa shape index (κ1) is 20.9. The van der Waals surface area contributed by atoms with Crippen LogP contribution in [-0.2, 0) is 14.8 Å². The molecule has 0 spiro atoms. The van der Waals surface area contributed by atoms with Crippen LogP contribution in [0.2, 0.25) is 0 Å². The summed E-state index contributed by atoms with van der Waals surface area (Å²) in [5.74, 6) is 0.0574. The summed E-state index contributed by atoms with van der Waals surface area (Å²) >= 11 is 0. The fraction of sp³-hybridized carbons (Fsp3) is 0.632. The van der Waals surface area contributed by atoms with Crippen molar-refractivity contribution in [3.63, 3.8) is 0 Å². The Labute approximate surface area is 157 Å². The van der Waals surface area contributed by atoms with Crippen LogP contribution < -0.4 is 10.2 Å². The number of quaternary nitrogens is 1. The summed E-state index contributed by atoms with van der Waals surface area (Å²) in [4.78, 5) is 13.5. The number of nitrogens with one attached hydrogen (secondary N) is 2. The number of carbonyl (C=O) groups is 1. The van der Waals surface area contributed by atoms with Gasteiger partial charge in [-0.05, 0) is 37.5 Å². The number of nitrogens with zero attached hydrogens (tertiary/aromatic N) is 1. The number of hydrogen-bond donors (Lipinski definition) is 2. The second-order valence-corrected chi connectivity index (χ2v) is 9.06. The highest BCUT2D eigenvalue weighted by Gasteiger charge is 2.31. The highest BCUT2D eigenvalue weighted by molar-refractivity contribution is 7.89. The average Bonchev–Trinajstić information content (AvgIpc) is 2.61. The molecule has 1 aliphatic heterocycles. The molecule has 1 saturated heterocycles. The molecule has 6 nitrogen and oxygen atoms in total. The van der Waals surface area contributed by atoms with Crippen molar-refractivity contribution in [2.24, 2.45) is 0 Å². The molecule has 0 unspecified atom stereocenters. The van der Waals surface area contributed by atoms with Crippen molar-refractivity contribution >= 4 is 15.9 Å². The topological polar surface area (TPSA) is 70.9 Å². The number of aryl methyl sites for hydroxylation is 2. The lowest BCUT2D eigenvalue weighted by Crippen LogP contribution is -3.15. The predicted molar refractivity (Wildman–Crippen MR) is 103 cm³/mol. The van der Waals surface area contributed by atoms with E-state index < -0.39 is 10.0 Å². The van der Waals surface area contributed by atoms with Crippen LogP contribution in [0.25, 0.3) is 0 Å². The molecule has 0 saturated carbocycles. The summed E-state index contributed by atoms with van der Waals surface area (Å²) in [5.41, 5.74) is 1.72. The van der Waals surface area contributed by atoms with Gasteiger partial charge in [-0.15, -0.1) is 0 Å². The van der Waals surface area contributed by atoms with Gasteiger partial charge < -0.3 is 10.2 Å². The maximum absolute atomic E-state index is 12.9. The highest BCUT2D eigenvalue weighted by atomic mass is 32.2. The standard InChI is InChI=1S/C19H31N3O3S/c1-4-5-6-9-20-19(23)15-21-10-12-22(13-11-21)26(24,25)18-14-16(2)7-8-17(18)3/h7-8,14H,4-6,9-13,15H2,1-3H3,(H,20,23)/p+1. The van der Waals surface area contributed by atoms with Crippen molar-refractivity contribution in [2.75, 3.05) is 39.3 Å². The minimum absolute atomic E-state index is 0.0574. The third kappa shape index (κ3) is 5.53. The van der Waals surface area contributed by atoms with Gasteiger partial charge in [0.2, 0.25) is 10.0 Å². The molecule has 2 N–H and O–H groups in total. The monoisotopic (exact) mass is 382 g/mol. The van der Waals surface area contributed by atoms with Crippen LogP contribution in [-0.4, -0.2) is 57.9 Å². The number of piperazine rings is 1. The Morgan fingerprint density at radius 1 is 1.19 bits per heavy atom. The number of rotatable bonds is 8. The number of benzene rings is 1. The molecule has 0 aromatic heterocycles. The zero-order valence-corrected chi connectivity index (χ0v) is 17.0. The molecular weight excluding hydrogens is 350 g/mol. The van der Waals surface area contributed by atoms with Gasteiger partial charge in [-0.1, -0.05) is 31.9 Å². The lowest BCUT2D eigenvalue weighted by atomic mass is 10.2. The van der Waals surface area contributed by atoms with Crippen LogP contribution in [0, 0.1) is 13.8 Å². The van der Waals surface area contributed by atoms with E-state index in [0.29, 0.717) is 37.6 Å². The third-order valence-electron chi connectivity index (χ3n) is 4.90. The van der Waals surface area contributed by atoms with Gasteiger partial charge in [0, 0.05) is 6.54 Å². The van der Waals surface area contributed by atoms with E-state index in [2.05, 4.69) is 12.2 Å². The zero-order chi connectivity index (χ0) is 19.2. The van der Waals surface area contributed by atoms with Crippen molar-refractivity contribution in [2.45, 2.75) is 44.9 Å². The SMILES string of the molecule is CCCCCNC(=O)C[NH+]1CCN(S(=O)(=O)c2cc(C)ccc2C)CC1. The number of sulfonamides is 1. The lowest BCUT2D eigenvalue weighted by molar-refractivity contribution is -0.895. The molecular formula is C19H32N3O3S+. The molecule has 1 amide bonds. The van der Waals surface area contributed by atoms with Gasteiger partial charge in [-0.2, -0.15) is 4.31 Å². The highest BCUT2D eigenvalue weighted by Crippen LogP contribution is 2.21. The minimum atomic E-state index is -3.47. The molecule has 2 rings (SSSR count). The molecule has 0 aliphatic carbocycles. The summed E-state index contributed by atoms with van der Waals surface area (Å²) in [5, 5.41) is 2.95. The molecule has 146 valence electrons. The van der Waals surface area contributed by atoms with E-state index in [1.165, 1.54) is 0 Å². The summed E-state index contributed by atoms with van der Waals surface area (Å²) in [6, 6.07) is 5.52. The Bertz CT molecular complexity index is 711. The van der Waals surface area contributed by atoms with Crippen molar-refractivity contribution in [3.05, 3.63) is 29.3 Å². The maximum Gasteiger partial charge on any atom is 0.275 e. The Hall–Kier alpha value is -1.44. The summed E-state index contributed by atoms with van der Waals surface area (Å²) in [6.45, 7) is 9.24. The van der Waals surface area contributed by atoms with Crippen LogP contribution in [0.1, 0.15) is 37.3 Å². The average molecular weight is 383 g/mol. The number of carbonyl (C=O) groups excluding carboxylic acids is 1. The number of hydrogen-bond acceptors (Lipinski definition) is 3. The van der Waals surface area contributed by atoms with Crippen molar-refractivity contribution < 1.29 is 18.1 Å². The van der Waals surface area contributed by atoms with E-state index in [1.807, 2.05) is 26.0 Å². The Morgan fingerprint density at radius 3 is 2.54 bits per heavy atom. The van der Waals surface area contributed by atoms with Crippen molar-refractivity contribution in [1.29, 1.82) is 0 Å². The zero-order valence-electron chi connectivity index (χ0n) is 16.2. The number of unbranched alkanes of at least 4 members (excludes halogenated alkanes) is 2. The number of amides is 1. The molecule has 1 aromatic carbocycles. The lowest BCUT2D eigenvalue weighted by Gasteiger charge is -2.31. The Morgan fingerprint density at radius 2 is 1.88 bits per heavy atom. The summed E-state index contributed by atoms with van der Waals surface area (Å²) < 4.78 is 27.4. The molecule has 26 heavy (non-hydrogen) atoms. The van der Waals surface area contributed by atoms with Crippen LogP contribution in [0.5, 0.6) is 0 Å². The summed E-state index contributed by atoms with van der Waals surface area (Å²) in [7, 11) is -3.47. The van der Waals surface area contributed by atoms with E-state index in [1.54, 1.807) is 10.4 Å². The first-order valence-corrected chi connectivity index (χ1v) is 11.0. The van der Waals surface area contributed by atoms with Crippen LogP contribution in [0.15, 0.2) is 23.1 Å². The minimum Gasteiger partial charge on any atom is -0.351 e. The van der Waals surface area contributed by atoms with Gasteiger partial charge >= 0.3 is 0 Å². The quantitative estimate of drug-likeness (QED) is 0.643. The van der Waals surface area contributed by atoms with Gasteiger partial charge in [0.05, 0.1) is 31.1 Å². The predicted octanol–water partition coefficient (Wildman–Crippen LogP) is 0.499. The second kappa shape index (κ2) is 9.48. The molecule has 0 radical (unpaired) electrons. The van der Waals surface area contributed by atoms with E-state index in [0.717, 1.165) is 41.8 Å². The van der Waals surface area contributed by atoms with Gasteiger partial charge in [-0.25, -0.2) is 8.42 Å². The van der Waals surface area contributed by atoms with E-state index in [9.17, 15) is 13.2 Å². The maximum atomic E-state index is 12.9. The first-order valence-electron chi connectivity index (χ1n) is 9.52. The fourth-order valence-corrected chi connectivity index (χ4v) is 4.99. The Kier molecular flexibility index (Phi) is 7.61. The molecule has 1 heterocycles.